The Bertz CT molecular complexity index is 748. The average Bonchev–Trinajstić information content (AvgIpc) is 2.98. The molecule has 0 bridgehead atoms. The van der Waals surface area contributed by atoms with Crippen LogP contribution < -0.4 is 10.2 Å². The second kappa shape index (κ2) is 7.05. The monoisotopic (exact) mass is 342 g/mol. The van der Waals surface area contributed by atoms with Gasteiger partial charge in [-0.25, -0.2) is 0 Å². The number of hydrogen-bond donors (Lipinski definition) is 1. The molecule has 5 heteroatoms. The van der Waals surface area contributed by atoms with E-state index in [1.165, 1.54) is 0 Å². The zero-order valence-corrected chi connectivity index (χ0v) is 14.2. The van der Waals surface area contributed by atoms with E-state index in [0.29, 0.717) is 17.3 Å². The Morgan fingerprint density at radius 1 is 1.17 bits per heavy atom. The molecule has 4 nitrogen and oxygen atoms in total. The molecule has 1 saturated heterocycles. The number of nitrogens with zero attached hydrogens (tertiary/aromatic N) is 1. The molecular weight excluding hydrogens is 324 g/mol. The van der Waals surface area contributed by atoms with Gasteiger partial charge in [0, 0.05) is 13.0 Å². The van der Waals surface area contributed by atoms with Gasteiger partial charge >= 0.3 is 0 Å². The molecule has 0 spiro atoms. The van der Waals surface area contributed by atoms with Crippen molar-refractivity contribution in [2.24, 2.45) is 5.92 Å². The Labute approximate surface area is 146 Å². The fourth-order valence-electron chi connectivity index (χ4n) is 2.94. The fourth-order valence-corrected chi connectivity index (χ4v) is 3.18. The summed E-state index contributed by atoms with van der Waals surface area (Å²) in [4.78, 5) is 26.4. The number of amides is 2. The highest BCUT2D eigenvalue weighted by molar-refractivity contribution is 6.33. The maximum atomic E-state index is 12.5. The molecule has 0 aliphatic carbocycles. The summed E-state index contributed by atoms with van der Waals surface area (Å²) in [6.07, 6.45) is 0.207. The molecule has 2 aromatic carbocycles. The van der Waals surface area contributed by atoms with Crippen LogP contribution in [0.4, 0.5) is 5.69 Å². The highest BCUT2D eigenvalue weighted by Gasteiger charge is 2.36. The van der Waals surface area contributed by atoms with Crippen molar-refractivity contribution in [2.45, 2.75) is 19.4 Å². The van der Waals surface area contributed by atoms with E-state index in [9.17, 15) is 9.59 Å². The van der Waals surface area contributed by atoms with E-state index < -0.39 is 0 Å². The molecule has 1 heterocycles. The van der Waals surface area contributed by atoms with E-state index in [4.69, 9.17) is 11.6 Å². The lowest BCUT2D eigenvalue weighted by Crippen LogP contribution is -2.34. The first kappa shape index (κ1) is 16.5. The summed E-state index contributed by atoms with van der Waals surface area (Å²) in [6, 6.07) is 16.9. The minimum absolute atomic E-state index is 0.0735. The summed E-state index contributed by atoms with van der Waals surface area (Å²) in [5.74, 6) is -0.537. The average molecular weight is 343 g/mol. The number of anilines is 1. The van der Waals surface area contributed by atoms with Gasteiger partial charge in [-0.1, -0.05) is 54.1 Å². The number of rotatable bonds is 4. The molecule has 124 valence electrons. The Hall–Kier alpha value is -2.33. The summed E-state index contributed by atoms with van der Waals surface area (Å²) >= 11 is 6.17. The highest BCUT2D eigenvalue weighted by atomic mass is 35.5. The first-order chi connectivity index (χ1) is 11.6. The van der Waals surface area contributed by atoms with Crippen LogP contribution in [0.5, 0.6) is 0 Å². The lowest BCUT2D eigenvalue weighted by Gasteiger charge is -2.19. The van der Waals surface area contributed by atoms with Crippen molar-refractivity contribution in [3.8, 4) is 0 Å². The van der Waals surface area contributed by atoms with Gasteiger partial charge in [-0.05, 0) is 24.6 Å². The Kier molecular flexibility index (Phi) is 4.86. The normalized spacial score (nSPS) is 18.5. The van der Waals surface area contributed by atoms with Gasteiger partial charge in [0.15, 0.2) is 0 Å². The predicted molar refractivity (Wildman–Crippen MR) is 94.9 cm³/mol. The Morgan fingerprint density at radius 3 is 2.54 bits per heavy atom. The van der Waals surface area contributed by atoms with Gasteiger partial charge in [-0.15, -0.1) is 0 Å². The van der Waals surface area contributed by atoms with E-state index in [1.54, 1.807) is 17.0 Å². The number of carbonyl (C=O) groups excluding carboxylic acids is 2. The van der Waals surface area contributed by atoms with Gasteiger partial charge in [0.2, 0.25) is 11.8 Å². The van der Waals surface area contributed by atoms with E-state index in [0.717, 1.165) is 5.56 Å². The predicted octanol–water partition coefficient (Wildman–Crippen LogP) is 3.57. The molecule has 2 amide bonds. The molecule has 0 aromatic heterocycles. The van der Waals surface area contributed by atoms with E-state index in [1.807, 2.05) is 49.4 Å². The summed E-state index contributed by atoms with van der Waals surface area (Å²) in [5.41, 5.74) is 1.70. The van der Waals surface area contributed by atoms with E-state index in [2.05, 4.69) is 5.32 Å². The Morgan fingerprint density at radius 2 is 1.83 bits per heavy atom. The van der Waals surface area contributed by atoms with Crippen molar-refractivity contribution in [1.82, 2.24) is 5.32 Å². The lowest BCUT2D eigenvalue weighted by molar-refractivity contribution is -0.126. The molecular formula is C19H19ClN2O2. The first-order valence-electron chi connectivity index (χ1n) is 7.96. The van der Waals surface area contributed by atoms with Crippen LogP contribution in [0.3, 0.4) is 0 Å². The summed E-state index contributed by atoms with van der Waals surface area (Å²) in [5, 5.41) is 3.51. The van der Waals surface area contributed by atoms with Gasteiger partial charge in [0.1, 0.15) is 0 Å². The molecule has 0 radical (unpaired) electrons. The van der Waals surface area contributed by atoms with Crippen LogP contribution in [0, 0.1) is 5.92 Å². The molecule has 2 unspecified atom stereocenters. The van der Waals surface area contributed by atoms with Gasteiger partial charge in [0.05, 0.1) is 22.7 Å². The molecule has 24 heavy (non-hydrogen) atoms. The molecule has 1 aliphatic rings. The Balaban J connectivity index is 1.67. The van der Waals surface area contributed by atoms with E-state index in [-0.39, 0.29) is 30.2 Å². The number of benzene rings is 2. The lowest BCUT2D eigenvalue weighted by atomic mass is 10.1. The van der Waals surface area contributed by atoms with Crippen LogP contribution in [0.1, 0.15) is 24.9 Å². The molecule has 3 rings (SSSR count). The SMILES string of the molecule is CC(NC(=O)C1CC(=O)N(c2ccccc2Cl)C1)c1ccccc1. The van der Waals surface area contributed by atoms with Crippen molar-refractivity contribution >= 4 is 29.1 Å². The third-order valence-corrected chi connectivity index (χ3v) is 4.62. The first-order valence-corrected chi connectivity index (χ1v) is 8.34. The zero-order valence-electron chi connectivity index (χ0n) is 13.4. The maximum Gasteiger partial charge on any atom is 0.227 e. The number of nitrogens with one attached hydrogen (secondary N) is 1. The minimum atomic E-state index is -0.361. The van der Waals surface area contributed by atoms with Crippen LogP contribution in [0.25, 0.3) is 0 Å². The maximum absolute atomic E-state index is 12.5. The van der Waals surface area contributed by atoms with Crippen molar-refractivity contribution in [2.75, 3.05) is 11.4 Å². The number of halogens is 1. The van der Waals surface area contributed by atoms with Gasteiger partial charge < -0.3 is 10.2 Å². The smallest absolute Gasteiger partial charge is 0.227 e. The zero-order chi connectivity index (χ0) is 17.1. The molecule has 1 aliphatic heterocycles. The van der Waals surface area contributed by atoms with Crippen LogP contribution in [0.15, 0.2) is 54.6 Å². The van der Waals surface area contributed by atoms with Gasteiger partial charge in [0.25, 0.3) is 0 Å². The topological polar surface area (TPSA) is 49.4 Å². The number of para-hydroxylation sites is 1. The second-order valence-electron chi connectivity index (χ2n) is 6.00. The second-order valence-corrected chi connectivity index (χ2v) is 6.40. The molecule has 1 fully saturated rings. The summed E-state index contributed by atoms with van der Waals surface area (Å²) in [6.45, 7) is 2.30. The quantitative estimate of drug-likeness (QED) is 0.923. The third kappa shape index (κ3) is 3.44. The van der Waals surface area contributed by atoms with Crippen LogP contribution in [-0.2, 0) is 9.59 Å². The van der Waals surface area contributed by atoms with Crippen molar-refractivity contribution in [1.29, 1.82) is 0 Å². The number of carbonyl (C=O) groups is 2. The van der Waals surface area contributed by atoms with Crippen molar-refractivity contribution in [3.05, 3.63) is 65.2 Å². The highest BCUT2D eigenvalue weighted by Crippen LogP contribution is 2.31. The minimum Gasteiger partial charge on any atom is -0.349 e. The largest absolute Gasteiger partial charge is 0.349 e. The van der Waals surface area contributed by atoms with Gasteiger partial charge in [-0.2, -0.15) is 0 Å². The molecule has 0 saturated carbocycles. The number of hydrogen-bond acceptors (Lipinski definition) is 2. The third-order valence-electron chi connectivity index (χ3n) is 4.30. The van der Waals surface area contributed by atoms with Crippen LogP contribution in [0.2, 0.25) is 5.02 Å². The molecule has 2 aromatic rings. The summed E-state index contributed by atoms with van der Waals surface area (Å²) in [7, 11) is 0. The van der Waals surface area contributed by atoms with Crippen molar-refractivity contribution < 1.29 is 9.59 Å². The standard InChI is InChI=1S/C19H19ClN2O2/c1-13(14-7-3-2-4-8-14)21-19(24)15-11-18(23)22(12-15)17-10-6-5-9-16(17)20/h2-10,13,15H,11-12H2,1H3,(H,21,24). The molecule has 1 N–H and O–H groups in total. The van der Waals surface area contributed by atoms with Crippen molar-refractivity contribution in [3.63, 3.8) is 0 Å². The molecule has 2 atom stereocenters. The van der Waals surface area contributed by atoms with E-state index >= 15 is 0 Å². The summed E-state index contributed by atoms with van der Waals surface area (Å²) < 4.78 is 0. The van der Waals surface area contributed by atoms with Crippen LogP contribution >= 0.6 is 11.6 Å². The van der Waals surface area contributed by atoms with Gasteiger partial charge in [-0.3, -0.25) is 9.59 Å². The fraction of sp³-hybridized carbons (Fsp3) is 0.263. The van der Waals surface area contributed by atoms with Crippen LogP contribution in [-0.4, -0.2) is 18.4 Å².